The number of hydrogen-bond acceptors (Lipinski definition) is 6. The summed E-state index contributed by atoms with van der Waals surface area (Å²) in [5, 5.41) is 3.66. The average molecular weight is 429 g/mol. The standard InChI is InChI=1S/C26H28N4O2/c1-17-27-23(20-11-10-19-12-13-30(24(19)14-20)16-26(31)32-2)15-25(28-17)29-22-9-5-7-18-6-3-4-8-21(18)22/h3-4,6,8,10-11,14-15,22H,5,7,9,12-13,16H2,1-2H3,(H,27,28,29). The average Bonchev–Trinajstić information content (AvgIpc) is 3.20. The Kier molecular flexibility index (Phi) is 5.52. The summed E-state index contributed by atoms with van der Waals surface area (Å²) in [5.41, 5.74) is 7.04. The monoisotopic (exact) mass is 428 g/mol. The van der Waals surface area contributed by atoms with E-state index in [4.69, 9.17) is 9.72 Å². The number of ether oxygens (including phenoxy) is 1. The Morgan fingerprint density at radius 3 is 2.88 bits per heavy atom. The molecule has 1 aromatic heterocycles. The molecule has 0 spiro atoms. The van der Waals surface area contributed by atoms with Gasteiger partial charge in [0.1, 0.15) is 18.2 Å². The van der Waals surface area contributed by atoms with Crippen molar-refractivity contribution < 1.29 is 9.53 Å². The van der Waals surface area contributed by atoms with Crippen molar-refractivity contribution in [2.24, 2.45) is 0 Å². The van der Waals surface area contributed by atoms with Crippen molar-refractivity contribution in [2.45, 2.75) is 38.6 Å². The molecule has 1 N–H and O–H groups in total. The molecule has 1 aliphatic carbocycles. The zero-order valence-corrected chi connectivity index (χ0v) is 18.6. The van der Waals surface area contributed by atoms with Crippen LogP contribution in [0.25, 0.3) is 11.3 Å². The molecule has 3 aromatic rings. The summed E-state index contributed by atoms with van der Waals surface area (Å²) in [4.78, 5) is 23.3. The van der Waals surface area contributed by atoms with Gasteiger partial charge in [0.2, 0.25) is 0 Å². The van der Waals surface area contributed by atoms with E-state index in [-0.39, 0.29) is 18.6 Å². The fourth-order valence-corrected chi connectivity index (χ4v) is 4.86. The van der Waals surface area contributed by atoms with Gasteiger partial charge in [-0.1, -0.05) is 36.4 Å². The molecule has 0 radical (unpaired) electrons. The van der Waals surface area contributed by atoms with Crippen LogP contribution in [-0.2, 0) is 22.4 Å². The van der Waals surface area contributed by atoms with Gasteiger partial charge in [0.15, 0.2) is 0 Å². The summed E-state index contributed by atoms with van der Waals surface area (Å²) >= 11 is 0. The summed E-state index contributed by atoms with van der Waals surface area (Å²) in [6.45, 7) is 3.02. The number of nitrogens with zero attached hydrogens (tertiary/aromatic N) is 3. The number of benzene rings is 2. The molecule has 2 aromatic carbocycles. The van der Waals surface area contributed by atoms with Gasteiger partial charge in [-0.3, -0.25) is 4.79 Å². The molecule has 0 amide bonds. The number of methoxy groups -OCH3 is 1. The maximum Gasteiger partial charge on any atom is 0.325 e. The third-order valence-electron chi connectivity index (χ3n) is 6.45. The molecule has 32 heavy (non-hydrogen) atoms. The molecule has 6 heteroatoms. The highest BCUT2D eigenvalue weighted by Crippen LogP contribution is 2.35. The number of aryl methyl sites for hydroxylation is 2. The summed E-state index contributed by atoms with van der Waals surface area (Å²) in [5.74, 6) is 1.36. The van der Waals surface area contributed by atoms with Crippen LogP contribution < -0.4 is 10.2 Å². The number of hydrogen-bond donors (Lipinski definition) is 1. The Morgan fingerprint density at radius 1 is 1.12 bits per heavy atom. The van der Waals surface area contributed by atoms with Crippen molar-refractivity contribution in [3.05, 3.63) is 71.0 Å². The number of nitrogens with one attached hydrogen (secondary N) is 1. The largest absolute Gasteiger partial charge is 0.468 e. The highest BCUT2D eigenvalue weighted by Gasteiger charge is 2.23. The second kappa shape index (κ2) is 8.61. The Morgan fingerprint density at radius 2 is 2.00 bits per heavy atom. The van der Waals surface area contributed by atoms with Crippen molar-refractivity contribution >= 4 is 17.5 Å². The number of carbonyl (C=O) groups is 1. The van der Waals surface area contributed by atoms with Crippen LogP contribution >= 0.6 is 0 Å². The summed E-state index contributed by atoms with van der Waals surface area (Å²) < 4.78 is 4.86. The van der Waals surface area contributed by atoms with E-state index >= 15 is 0 Å². The number of fused-ring (bicyclic) bond motifs is 2. The van der Waals surface area contributed by atoms with E-state index in [1.54, 1.807) is 0 Å². The lowest BCUT2D eigenvalue weighted by Gasteiger charge is -2.27. The third kappa shape index (κ3) is 4.05. The molecule has 6 nitrogen and oxygen atoms in total. The second-order valence-electron chi connectivity index (χ2n) is 8.56. The van der Waals surface area contributed by atoms with Gasteiger partial charge < -0.3 is 15.0 Å². The van der Waals surface area contributed by atoms with Crippen LogP contribution in [0.4, 0.5) is 11.5 Å². The lowest BCUT2D eigenvalue weighted by atomic mass is 9.88. The SMILES string of the molecule is COC(=O)CN1CCc2ccc(-c3cc(NC4CCCc5ccccc54)nc(C)n3)cc21. The van der Waals surface area contributed by atoms with Crippen LogP contribution in [0.5, 0.6) is 0 Å². The Labute approximate surface area is 188 Å². The minimum Gasteiger partial charge on any atom is -0.468 e. The predicted molar refractivity (Wildman–Crippen MR) is 126 cm³/mol. The minimum absolute atomic E-state index is 0.222. The van der Waals surface area contributed by atoms with Crippen LogP contribution in [0, 0.1) is 6.92 Å². The van der Waals surface area contributed by atoms with Crippen molar-refractivity contribution in [2.75, 3.05) is 30.4 Å². The zero-order chi connectivity index (χ0) is 22.1. The van der Waals surface area contributed by atoms with E-state index in [9.17, 15) is 4.79 Å². The Balaban J connectivity index is 1.43. The first-order valence-electron chi connectivity index (χ1n) is 11.3. The van der Waals surface area contributed by atoms with Crippen LogP contribution in [0.15, 0.2) is 48.5 Å². The van der Waals surface area contributed by atoms with E-state index in [0.29, 0.717) is 0 Å². The fourth-order valence-electron chi connectivity index (χ4n) is 4.86. The topological polar surface area (TPSA) is 67.3 Å². The zero-order valence-electron chi connectivity index (χ0n) is 18.6. The Hall–Kier alpha value is -3.41. The van der Waals surface area contributed by atoms with Crippen molar-refractivity contribution in [1.82, 2.24) is 9.97 Å². The molecule has 0 saturated heterocycles. The normalized spacial score (nSPS) is 16.9. The van der Waals surface area contributed by atoms with Crippen molar-refractivity contribution in [3.63, 3.8) is 0 Å². The molecule has 1 unspecified atom stereocenters. The highest BCUT2D eigenvalue weighted by molar-refractivity contribution is 5.79. The Bertz CT molecular complexity index is 1160. The number of aromatic nitrogens is 2. The van der Waals surface area contributed by atoms with E-state index in [1.165, 1.54) is 30.2 Å². The summed E-state index contributed by atoms with van der Waals surface area (Å²) in [7, 11) is 1.43. The fraction of sp³-hybridized carbons (Fsp3) is 0.346. The number of carbonyl (C=O) groups excluding carboxylic acids is 1. The highest BCUT2D eigenvalue weighted by atomic mass is 16.5. The van der Waals surface area contributed by atoms with Crippen LogP contribution in [0.1, 0.15) is 41.4 Å². The van der Waals surface area contributed by atoms with Crippen molar-refractivity contribution in [1.29, 1.82) is 0 Å². The molecule has 0 saturated carbocycles. The first kappa shape index (κ1) is 20.5. The molecular weight excluding hydrogens is 400 g/mol. The molecular formula is C26H28N4O2. The maximum absolute atomic E-state index is 11.8. The van der Waals surface area contributed by atoms with Gasteiger partial charge in [-0.25, -0.2) is 9.97 Å². The lowest BCUT2D eigenvalue weighted by molar-refractivity contribution is -0.138. The van der Waals surface area contributed by atoms with E-state index in [2.05, 4.69) is 57.7 Å². The molecule has 1 aliphatic heterocycles. The van der Waals surface area contributed by atoms with Crippen LogP contribution in [-0.4, -0.2) is 36.1 Å². The van der Waals surface area contributed by atoms with Gasteiger partial charge >= 0.3 is 5.97 Å². The molecule has 0 fully saturated rings. The third-order valence-corrected chi connectivity index (χ3v) is 6.45. The smallest absolute Gasteiger partial charge is 0.325 e. The number of anilines is 2. The van der Waals surface area contributed by atoms with Gasteiger partial charge in [-0.05, 0) is 55.4 Å². The molecule has 2 aliphatic rings. The summed E-state index contributed by atoms with van der Waals surface area (Å²) in [6.07, 6.45) is 4.34. The number of rotatable bonds is 5. The maximum atomic E-state index is 11.8. The first-order chi connectivity index (χ1) is 15.6. The molecule has 5 rings (SSSR count). The van der Waals surface area contributed by atoms with E-state index < -0.39 is 0 Å². The van der Waals surface area contributed by atoms with Gasteiger partial charge in [-0.15, -0.1) is 0 Å². The van der Waals surface area contributed by atoms with Gasteiger partial charge in [0.25, 0.3) is 0 Å². The van der Waals surface area contributed by atoms with Gasteiger partial charge in [-0.2, -0.15) is 0 Å². The summed E-state index contributed by atoms with van der Waals surface area (Å²) in [6, 6.07) is 17.4. The van der Waals surface area contributed by atoms with Crippen LogP contribution in [0.2, 0.25) is 0 Å². The molecule has 1 atom stereocenters. The molecule has 2 heterocycles. The quantitative estimate of drug-likeness (QED) is 0.605. The second-order valence-corrected chi connectivity index (χ2v) is 8.56. The van der Waals surface area contributed by atoms with E-state index in [1.807, 2.05) is 13.0 Å². The first-order valence-corrected chi connectivity index (χ1v) is 11.3. The van der Waals surface area contributed by atoms with Gasteiger partial charge in [0.05, 0.1) is 18.8 Å². The minimum atomic E-state index is -0.222. The predicted octanol–water partition coefficient (Wildman–Crippen LogP) is 4.48. The molecule has 164 valence electrons. The molecule has 0 bridgehead atoms. The van der Waals surface area contributed by atoms with Gasteiger partial charge in [0, 0.05) is 23.9 Å². The van der Waals surface area contributed by atoms with Crippen molar-refractivity contribution in [3.8, 4) is 11.3 Å². The van der Waals surface area contributed by atoms with E-state index in [0.717, 1.165) is 54.4 Å². The number of esters is 1. The van der Waals surface area contributed by atoms with Crippen LogP contribution in [0.3, 0.4) is 0 Å². The lowest BCUT2D eigenvalue weighted by Crippen LogP contribution is -2.28.